The molecule has 0 aliphatic heterocycles. The van der Waals surface area contributed by atoms with Gasteiger partial charge in [0, 0.05) is 24.6 Å². The number of rotatable bonds is 3. The number of benzene rings is 1. The zero-order chi connectivity index (χ0) is 14.0. The molecule has 1 aromatic heterocycles. The van der Waals surface area contributed by atoms with Gasteiger partial charge in [0.25, 0.3) is 0 Å². The van der Waals surface area contributed by atoms with E-state index in [2.05, 4.69) is 56.2 Å². The van der Waals surface area contributed by atoms with Crippen LogP contribution in [0.2, 0.25) is 0 Å². The first kappa shape index (κ1) is 13.5. The summed E-state index contributed by atoms with van der Waals surface area (Å²) in [6.07, 6.45) is 0.840. The zero-order valence-corrected chi connectivity index (χ0v) is 12.3. The maximum absolute atomic E-state index is 4.72. The van der Waals surface area contributed by atoms with Gasteiger partial charge >= 0.3 is 0 Å². The van der Waals surface area contributed by atoms with Crippen LogP contribution < -0.4 is 5.32 Å². The van der Waals surface area contributed by atoms with E-state index in [1.54, 1.807) is 0 Å². The van der Waals surface area contributed by atoms with Crippen molar-refractivity contribution in [1.82, 2.24) is 9.97 Å². The highest BCUT2D eigenvalue weighted by Gasteiger charge is 2.13. The maximum atomic E-state index is 4.72. The molecule has 3 heteroatoms. The Morgan fingerprint density at radius 3 is 2.42 bits per heavy atom. The molecule has 19 heavy (non-hydrogen) atoms. The molecule has 0 unspecified atom stereocenters. The largest absolute Gasteiger partial charge is 0.373 e. The summed E-state index contributed by atoms with van der Waals surface area (Å²) < 4.78 is 0. The van der Waals surface area contributed by atoms with Crippen LogP contribution in [0, 0.1) is 20.8 Å². The van der Waals surface area contributed by atoms with Crippen LogP contribution in [0.15, 0.2) is 18.2 Å². The van der Waals surface area contributed by atoms with E-state index in [1.807, 2.05) is 7.05 Å². The number of nitrogens with one attached hydrogen (secondary N) is 1. The summed E-state index contributed by atoms with van der Waals surface area (Å²) in [6, 6.07) is 6.36. The van der Waals surface area contributed by atoms with Crippen molar-refractivity contribution in [2.45, 2.75) is 34.1 Å². The highest BCUT2D eigenvalue weighted by atomic mass is 15.0. The van der Waals surface area contributed by atoms with E-state index >= 15 is 0 Å². The van der Waals surface area contributed by atoms with Gasteiger partial charge < -0.3 is 5.32 Å². The lowest BCUT2D eigenvalue weighted by Gasteiger charge is -2.14. The summed E-state index contributed by atoms with van der Waals surface area (Å²) in [4.78, 5) is 9.25. The smallest absolute Gasteiger partial charge is 0.132 e. The molecule has 0 fully saturated rings. The van der Waals surface area contributed by atoms with Gasteiger partial charge in [-0.15, -0.1) is 0 Å². The number of nitrogens with zero attached hydrogens (tertiary/aromatic N) is 2. The topological polar surface area (TPSA) is 37.8 Å². The van der Waals surface area contributed by atoms with E-state index in [9.17, 15) is 0 Å². The van der Waals surface area contributed by atoms with Crippen molar-refractivity contribution in [3.63, 3.8) is 0 Å². The minimum absolute atomic E-state index is 0.840. The molecule has 0 aliphatic rings. The number of aromatic nitrogens is 2. The molecule has 0 saturated carbocycles. The van der Waals surface area contributed by atoms with Crippen molar-refractivity contribution >= 4 is 5.82 Å². The molecule has 1 aromatic carbocycles. The van der Waals surface area contributed by atoms with Gasteiger partial charge in [-0.25, -0.2) is 9.97 Å². The van der Waals surface area contributed by atoms with Crippen LogP contribution in [-0.2, 0) is 6.42 Å². The average Bonchev–Trinajstić information content (AvgIpc) is 2.42. The summed E-state index contributed by atoms with van der Waals surface area (Å²) in [5.41, 5.74) is 5.92. The van der Waals surface area contributed by atoms with Gasteiger partial charge in [-0.2, -0.15) is 0 Å². The molecule has 0 amide bonds. The van der Waals surface area contributed by atoms with Crippen molar-refractivity contribution in [2.24, 2.45) is 0 Å². The normalized spacial score (nSPS) is 10.6. The van der Waals surface area contributed by atoms with Gasteiger partial charge in [-0.3, -0.25) is 0 Å². The SMILES string of the molecule is CCc1nc(NC)c(C)c(-c2cccc(C)c2C)n1. The second-order valence-electron chi connectivity index (χ2n) is 4.81. The van der Waals surface area contributed by atoms with E-state index in [0.29, 0.717) is 0 Å². The minimum atomic E-state index is 0.840. The third-order valence-corrected chi connectivity index (χ3v) is 3.60. The fourth-order valence-electron chi connectivity index (χ4n) is 2.23. The lowest BCUT2D eigenvalue weighted by Crippen LogP contribution is -2.05. The molecule has 0 spiro atoms. The molecular formula is C16H21N3. The first-order chi connectivity index (χ1) is 9.08. The van der Waals surface area contributed by atoms with Crippen LogP contribution in [0.5, 0.6) is 0 Å². The standard InChI is InChI=1S/C16H21N3/c1-6-14-18-15(12(4)16(17-5)19-14)13-9-7-8-10(2)11(13)3/h7-9H,6H2,1-5H3,(H,17,18,19). The summed E-state index contributed by atoms with van der Waals surface area (Å²) in [5.74, 6) is 1.80. The quantitative estimate of drug-likeness (QED) is 0.909. The summed E-state index contributed by atoms with van der Waals surface area (Å²) in [7, 11) is 1.90. The summed E-state index contributed by atoms with van der Waals surface area (Å²) >= 11 is 0. The first-order valence-electron chi connectivity index (χ1n) is 6.70. The van der Waals surface area contributed by atoms with Crippen LogP contribution in [0.25, 0.3) is 11.3 Å². The number of aryl methyl sites for hydroxylation is 2. The predicted molar refractivity (Wildman–Crippen MR) is 80.6 cm³/mol. The van der Waals surface area contributed by atoms with Gasteiger partial charge in [-0.1, -0.05) is 25.1 Å². The molecule has 0 atom stereocenters. The van der Waals surface area contributed by atoms with Crippen LogP contribution in [-0.4, -0.2) is 17.0 Å². The van der Waals surface area contributed by atoms with Crippen molar-refractivity contribution in [3.8, 4) is 11.3 Å². The Hall–Kier alpha value is -1.90. The maximum Gasteiger partial charge on any atom is 0.132 e. The van der Waals surface area contributed by atoms with Crippen LogP contribution in [0.1, 0.15) is 29.4 Å². The number of hydrogen-bond donors (Lipinski definition) is 1. The molecule has 3 nitrogen and oxygen atoms in total. The Kier molecular flexibility index (Phi) is 3.84. The summed E-state index contributed by atoms with van der Waals surface area (Å²) in [5, 5.41) is 3.16. The molecule has 2 rings (SSSR count). The Morgan fingerprint density at radius 1 is 1.05 bits per heavy atom. The van der Waals surface area contributed by atoms with Crippen LogP contribution in [0.3, 0.4) is 0 Å². The zero-order valence-electron chi connectivity index (χ0n) is 12.3. The van der Waals surface area contributed by atoms with Crippen molar-refractivity contribution < 1.29 is 0 Å². The fraction of sp³-hybridized carbons (Fsp3) is 0.375. The average molecular weight is 255 g/mol. The summed E-state index contributed by atoms with van der Waals surface area (Å²) in [6.45, 7) is 8.44. The fourth-order valence-corrected chi connectivity index (χ4v) is 2.23. The molecule has 2 aromatic rings. The van der Waals surface area contributed by atoms with E-state index in [4.69, 9.17) is 4.98 Å². The first-order valence-corrected chi connectivity index (χ1v) is 6.70. The molecule has 0 bridgehead atoms. The molecular weight excluding hydrogens is 234 g/mol. The Labute approximate surface area is 115 Å². The molecule has 0 radical (unpaired) electrons. The van der Waals surface area contributed by atoms with Crippen molar-refractivity contribution in [1.29, 1.82) is 0 Å². The number of anilines is 1. The lowest BCUT2D eigenvalue weighted by atomic mass is 9.98. The van der Waals surface area contributed by atoms with Crippen LogP contribution >= 0.6 is 0 Å². The van der Waals surface area contributed by atoms with Gasteiger partial charge in [0.05, 0.1) is 5.69 Å². The predicted octanol–water partition coefficient (Wildman–Crippen LogP) is 3.67. The van der Waals surface area contributed by atoms with Gasteiger partial charge in [-0.05, 0) is 31.9 Å². The number of hydrogen-bond acceptors (Lipinski definition) is 3. The van der Waals surface area contributed by atoms with E-state index in [1.165, 1.54) is 16.7 Å². The molecule has 100 valence electrons. The Morgan fingerprint density at radius 2 is 1.79 bits per heavy atom. The van der Waals surface area contributed by atoms with Gasteiger partial charge in [0.1, 0.15) is 11.6 Å². The van der Waals surface area contributed by atoms with Crippen LogP contribution in [0.4, 0.5) is 5.82 Å². The minimum Gasteiger partial charge on any atom is -0.373 e. The monoisotopic (exact) mass is 255 g/mol. The third kappa shape index (κ3) is 2.46. The lowest BCUT2D eigenvalue weighted by molar-refractivity contribution is 0.935. The molecule has 1 N–H and O–H groups in total. The Balaban J connectivity index is 2.70. The van der Waals surface area contributed by atoms with Gasteiger partial charge in [0.2, 0.25) is 0 Å². The molecule has 0 saturated heterocycles. The van der Waals surface area contributed by atoms with E-state index < -0.39 is 0 Å². The third-order valence-electron chi connectivity index (χ3n) is 3.60. The van der Waals surface area contributed by atoms with E-state index in [0.717, 1.165) is 29.3 Å². The van der Waals surface area contributed by atoms with Crippen molar-refractivity contribution in [2.75, 3.05) is 12.4 Å². The highest BCUT2D eigenvalue weighted by Crippen LogP contribution is 2.29. The molecule has 1 heterocycles. The van der Waals surface area contributed by atoms with Crippen molar-refractivity contribution in [3.05, 3.63) is 40.7 Å². The van der Waals surface area contributed by atoms with E-state index in [-0.39, 0.29) is 0 Å². The second-order valence-corrected chi connectivity index (χ2v) is 4.81. The van der Waals surface area contributed by atoms with Gasteiger partial charge in [0.15, 0.2) is 0 Å². The molecule has 0 aliphatic carbocycles. The highest BCUT2D eigenvalue weighted by molar-refractivity contribution is 5.71. The second kappa shape index (κ2) is 5.39. The Bertz CT molecular complexity index is 603.